The largest absolute Gasteiger partial charge is 0.336 e. The average Bonchev–Trinajstić information content (AvgIpc) is 2.27. The van der Waals surface area contributed by atoms with E-state index in [9.17, 15) is 4.79 Å². The second-order valence-corrected chi connectivity index (χ2v) is 5.93. The lowest BCUT2D eigenvalue weighted by molar-refractivity contribution is -0.135. The maximum atomic E-state index is 11.9. The Morgan fingerprint density at radius 2 is 2.12 bits per heavy atom. The van der Waals surface area contributed by atoms with E-state index in [0.717, 1.165) is 12.3 Å². The van der Waals surface area contributed by atoms with Gasteiger partial charge in [-0.25, -0.2) is 0 Å². The first-order valence-electron chi connectivity index (χ1n) is 5.88. The molecule has 3 nitrogen and oxygen atoms in total. The zero-order valence-corrected chi connectivity index (χ0v) is 11.4. The van der Waals surface area contributed by atoms with Crippen LogP contribution in [-0.4, -0.2) is 40.4 Å². The van der Waals surface area contributed by atoms with E-state index in [1.54, 1.807) is 6.92 Å². The lowest BCUT2D eigenvalue weighted by atomic mass is 9.93. The maximum Gasteiger partial charge on any atom is 0.239 e. The van der Waals surface area contributed by atoms with E-state index in [1.165, 1.54) is 25.7 Å². The highest BCUT2D eigenvalue weighted by atomic mass is 35.5. The van der Waals surface area contributed by atoms with Gasteiger partial charge in [-0.1, -0.05) is 12.8 Å². The summed E-state index contributed by atoms with van der Waals surface area (Å²) in [5, 5.41) is 0.676. The number of rotatable bonds is 1. The number of fused-ring (bicyclic) bond motifs is 1. The highest BCUT2D eigenvalue weighted by molar-refractivity contribution is 8.00. The summed E-state index contributed by atoms with van der Waals surface area (Å²) in [5.74, 6) is 1.23. The molecule has 1 saturated heterocycles. The molecule has 1 aliphatic carbocycles. The molecule has 0 aromatic carbocycles. The predicted octanol–water partition coefficient (Wildman–Crippen LogP) is 1.64. The Hall–Kier alpha value is 0.0700. The maximum absolute atomic E-state index is 11.9. The molecule has 0 bridgehead atoms. The zero-order chi connectivity index (χ0) is 10.8. The number of hydrogen-bond donors (Lipinski definition) is 1. The summed E-state index contributed by atoms with van der Waals surface area (Å²) >= 11 is 2.05. The van der Waals surface area contributed by atoms with Gasteiger partial charge in [0.25, 0.3) is 0 Å². The minimum Gasteiger partial charge on any atom is -0.336 e. The Kier molecular flexibility index (Phi) is 5.41. The van der Waals surface area contributed by atoms with Crippen molar-refractivity contribution in [1.82, 2.24) is 4.90 Å². The Morgan fingerprint density at radius 3 is 2.81 bits per heavy atom. The lowest BCUT2D eigenvalue weighted by Gasteiger charge is -2.44. The van der Waals surface area contributed by atoms with Crippen molar-refractivity contribution in [2.75, 3.05) is 12.3 Å². The van der Waals surface area contributed by atoms with Gasteiger partial charge in [-0.05, 0) is 19.8 Å². The standard InChI is InChI=1S/C11H20N2OS.ClH/c1-8(12)11(14)13-6-7-15-10-5-3-2-4-9(10)13;/h8-10H,2-7,12H2,1H3;1H/t8-,9?,10?;/m0./s1. The van der Waals surface area contributed by atoms with Crippen LogP contribution in [0.5, 0.6) is 0 Å². The Bertz CT molecular complexity index is 248. The summed E-state index contributed by atoms with van der Waals surface area (Å²) in [6.45, 7) is 2.69. The molecule has 0 radical (unpaired) electrons. The first-order valence-corrected chi connectivity index (χ1v) is 6.92. The van der Waals surface area contributed by atoms with Gasteiger partial charge in [0, 0.05) is 23.6 Å². The highest BCUT2D eigenvalue weighted by Crippen LogP contribution is 2.35. The monoisotopic (exact) mass is 264 g/mol. The Morgan fingerprint density at radius 1 is 1.44 bits per heavy atom. The number of nitrogens with zero attached hydrogens (tertiary/aromatic N) is 1. The Labute approximate surface area is 108 Å². The molecule has 2 unspecified atom stereocenters. The fourth-order valence-corrected chi connectivity index (χ4v) is 4.08. The zero-order valence-electron chi connectivity index (χ0n) is 9.72. The summed E-state index contributed by atoms with van der Waals surface area (Å²) in [5.41, 5.74) is 5.69. The van der Waals surface area contributed by atoms with Gasteiger partial charge >= 0.3 is 0 Å². The molecule has 16 heavy (non-hydrogen) atoms. The summed E-state index contributed by atoms with van der Waals surface area (Å²) in [6, 6.07) is 0.131. The quantitative estimate of drug-likeness (QED) is 0.783. The molecule has 0 aromatic rings. The van der Waals surface area contributed by atoms with Crippen molar-refractivity contribution < 1.29 is 4.79 Å². The van der Waals surface area contributed by atoms with E-state index in [1.807, 2.05) is 16.7 Å². The van der Waals surface area contributed by atoms with E-state index in [4.69, 9.17) is 5.73 Å². The third-order valence-electron chi connectivity index (χ3n) is 3.40. The second kappa shape index (κ2) is 6.12. The first kappa shape index (κ1) is 14.1. The van der Waals surface area contributed by atoms with Crippen LogP contribution in [-0.2, 0) is 4.79 Å². The van der Waals surface area contributed by atoms with Crippen LogP contribution in [0.4, 0.5) is 0 Å². The van der Waals surface area contributed by atoms with Crippen molar-refractivity contribution in [3.63, 3.8) is 0 Å². The van der Waals surface area contributed by atoms with Gasteiger partial charge in [0.1, 0.15) is 0 Å². The molecule has 0 aromatic heterocycles. The molecule has 2 fully saturated rings. The van der Waals surface area contributed by atoms with Gasteiger partial charge in [0.15, 0.2) is 0 Å². The number of nitrogens with two attached hydrogens (primary N) is 1. The summed E-state index contributed by atoms with van der Waals surface area (Å²) in [4.78, 5) is 14.0. The van der Waals surface area contributed by atoms with E-state index >= 15 is 0 Å². The molecule has 0 spiro atoms. The van der Waals surface area contributed by atoms with Gasteiger partial charge in [0.2, 0.25) is 5.91 Å². The molecular weight excluding hydrogens is 244 g/mol. The van der Waals surface area contributed by atoms with Crippen LogP contribution in [0.15, 0.2) is 0 Å². The van der Waals surface area contributed by atoms with Gasteiger partial charge < -0.3 is 10.6 Å². The molecule has 1 heterocycles. The smallest absolute Gasteiger partial charge is 0.239 e. The predicted molar refractivity (Wildman–Crippen MR) is 71.1 cm³/mol. The third kappa shape index (κ3) is 2.84. The number of carbonyl (C=O) groups excluding carboxylic acids is 1. The number of hydrogen-bond acceptors (Lipinski definition) is 3. The minimum atomic E-state index is -0.337. The molecule has 1 aliphatic heterocycles. The molecule has 1 saturated carbocycles. The first-order chi connectivity index (χ1) is 7.20. The van der Waals surface area contributed by atoms with Gasteiger partial charge in [-0.3, -0.25) is 4.79 Å². The number of carbonyl (C=O) groups is 1. The van der Waals surface area contributed by atoms with Crippen LogP contribution in [0, 0.1) is 0 Å². The summed E-state index contributed by atoms with van der Waals surface area (Å²) < 4.78 is 0. The van der Waals surface area contributed by atoms with Gasteiger partial charge in [-0.15, -0.1) is 12.4 Å². The summed E-state index contributed by atoms with van der Waals surface area (Å²) in [6.07, 6.45) is 5.05. The molecular formula is C11H21ClN2OS. The van der Waals surface area contributed by atoms with Crippen LogP contribution in [0.3, 0.4) is 0 Å². The number of amides is 1. The fourth-order valence-electron chi connectivity index (χ4n) is 2.63. The van der Waals surface area contributed by atoms with Crippen LogP contribution in [0.2, 0.25) is 0 Å². The summed E-state index contributed by atoms with van der Waals surface area (Å²) in [7, 11) is 0. The second-order valence-electron chi connectivity index (χ2n) is 4.58. The molecule has 2 N–H and O–H groups in total. The van der Waals surface area contributed by atoms with Crippen molar-refractivity contribution in [2.45, 2.75) is 49.9 Å². The topological polar surface area (TPSA) is 46.3 Å². The van der Waals surface area contributed by atoms with Crippen LogP contribution in [0.25, 0.3) is 0 Å². The molecule has 2 aliphatic rings. The molecule has 3 atom stereocenters. The van der Waals surface area contributed by atoms with E-state index < -0.39 is 0 Å². The van der Waals surface area contributed by atoms with E-state index in [0.29, 0.717) is 11.3 Å². The number of thioether (sulfide) groups is 1. The SMILES string of the molecule is C[C@H](N)C(=O)N1CCSC2CCCCC21.Cl. The van der Waals surface area contributed by atoms with Gasteiger partial charge in [-0.2, -0.15) is 11.8 Å². The molecule has 1 amide bonds. The van der Waals surface area contributed by atoms with Crippen LogP contribution in [0.1, 0.15) is 32.6 Å². The van der Waals surface area contributed by atoms with Crippen molar-refractivity contribution in [2.24, 2.45) is 5.73 Å². The highest BCUT2D eigenvalue weighted by Gasteiger charge is 2.36. The lowest BCUT2D eigenvalue weighted by Crippen LogP contribution is -2.55. The Balaban J connectivity index is 0.00000128. The van der Waals surface area contributed by atoms with Crippen molar-refractivity contribution in [1.29, 1.82) is 0 Å². The van der Waals surface area contributed by atoms with Crippen molar-refractivity contribution in [3.8, 4) is 0 Å². The van der Waals surface area contributed by atoms with E-state index in [2.05, 4.69) is 0 Å². The minimum absolute atomic E-state index is 0. The van der Waals surface area contributed by atoms with Crippen molar-refractivity contribution >= 4 is 30.1 Å². The molecule has 5 heteroatoms. The van der Waals surface area contributed by atoms with Crippen molar-refractivity contribution in [3.05, 3.63) is 0 Å². The van der Waals surface area contributed by atoms with Gasteiger partial charge in [0.05, 0.1) is 6.04 Å². The molecule has 2 rings (SSSR count). The third-order valence-corrected chi connectivity index (χ3v) is 4.80. The van der Waals surface area contributed by atoms with E-state index in [-0.39, 0.29) is 24.4 Å². The normalized spacial score (nSPS) is 31.2. The number of halogens is 1. The molecule has 94 valence electrons. The van der Waals surface area contributed by atoms with Crippen LogP contribution < -0.4 is 5.73 Å². The van der Waals surface area contributed by atoms with Crippen LogP contribution >= 0.6 is 24.2 Å². The average molecular weight is 265 g/mol. The fraction of sp³-hybridized carbons (Fsp3) is 0.909.